The predicted octanol–water partition coefficient (Wildman–Crippen LogP) is 2.07. The van der Waals surface area contributed by atoms with E-state index >= 15 is 0 Å². The van der Waals surface area contributed by atoms with Gasteiger partial charge in [0.15, 0.2) is 0 Å². The molecule has 1 aliphatic heterocycles. The van der Waals surface area contributed by atoms with E-state index in [1.165, 1.54) is 18.3 Å². The Labute approximate surface area is 116 Å². The molecule has 7 heteroatoms. The van der Waals surface area contributed by atoms with E-state index in [4.69, 9.17) is 0 Å². The van der Waals surface area contributed by atoms with Gasteiger partial charge in [0.1, 0.15) is 6.04 Å². The molecule has 0 bridgehead atoms. The summed E-state index contributed by atoms with van der Waals surface area (Å²) in [5.41, 5.74) is -0.145. The van der Waals surface area contributed by atoms with Crippen LogP contribution in [0.25, 0.3) is 0 Å². The van der Waals surface area contributed by atoms with Crippen molar-refractivity contribution in [2.45, 2.75) is 32.2 Å². The second-order valence-corrected chi connectivity index (χ2v) is 4.95. The van der Waals surface area contributed by atoms with Gasteiger partial charge in [0.05, 0.1) is 4.92 Å². The summed E-state index contributed by atoms with van der Waals surface area (Å²) in [6, 6.07) is 2.09. The number of hydrogen-bond donors (Lipinski definition) is 1. The molecule has 0 aromatic carbocycles. The van der Waals surface area contributed by atoms with Gasteiger partial charge >= 0.3 is 11.7 Å². The van der Waals surface area contributed by atoms with Crippen molar-refractivity contribution in [3.63, 3.8) is 0 Å². The van der Waals surface area contributed by atoms with E-state index in [0.717, 1.165) is 12.8 Å². The Morgan fingerprint density at radius 1 is 1.65 bits per heavy atom. The van der Waals surface area contributed by atoms with E-state index in [2.05, 4.69) is 4.98 Å². The Kier molecular flexibility index (Phi) is 4.16. The van der Waals surface area contributed by atoms with Crippen molar-refractivity contribution in [3.8, 4) is 0 Å². The Balaban J connectivity index is 2.35. The Bertz CT molecular complexity index is 520. The highest BCUT2D eigenvalue weighted by molar-refractivity contribution is 5.79. The van der Waals surface area contributed by atoms with Gasteiger partial charge in [0.25, 0.3) is 0 Å². The zero-order valence-corrected chi connectivity index (χ0v) is 11.2. The third kappa shape index (κ3) is 2.71. The summed E-state index contributed by atoms with van der Waals surface area (Å²) >= 11 is 0. The fraction of sp³-hybridized carbons (Fsp3) is 0.538. The molecule has 0 spiro atoms. The SMILES string of the molecule is CCC1CCN(c2ncccc2[N+](=O)[O-])C(C(=O)O)C1. The lowest BCUT2D eigenvalue weighted by Crippen LogP contribution is -2.47. The molecule has 7 nitrogen and oxygen atoms in total. The average molecular weight is 279 g/mol. The Hall–Kier alpha value is -2.18. The number of nitro groups is 1. The van der Waals surface area contributed by atoms with Crippen molar-refractivity contribution in [1.29, 1.82) is 0 Å². The van der Waals surface area contributed by atoms with Crippen LogP contribution in [0.4, 0.5) is 11.5 Å². The summed E-state index contributed by atoms with van der Waals surface area (Å²) in [5.74, 6) is -0.460. The molecule has 108 valence electrons. The Morgan fingerprint density at radius 2 is 2.40 bits per heavy atom. The number of nitrogens with zero attached hydrogens (tertiary/aromatic N) is 3. The number of piperidine rings is 1. The first-order valence-electron chi connectivity index (χ1n) is 6.63. The number of aliphatic carboxylic acids is 1. The van der Waals surface area contributed by atoms with Crippen LogP contribution in [0.2, 0.25) is 0 Å². The standard InChI is InChI=1S/C13H17N3O4/c1-2-9-5-7-15(11(8-9)13(17)18)12-10(16(19)20)4-3-6-14-12/h3-4,6,9,11H,2,5,7-8H2,1H3,(H,17,18). The van der Waals surface area contributed by atoms with Gasteiger partial charge in [-0.2, -0.15) is 0 Å². The monoisotopic (exact) mass is 279 g/mol. The second-order valence-electron chi connectivity index (χ2n) is 4.95. The quantitative estimate of drug-likeness (QED) is 0.669. The highest BCUT2D eigenvalue weighted by atomic mass is 16.6. The average Bonchev–Trinajstić information content (AvgIpc) is 2.46. The highest BCUT2D eigenvalue weighted by Crippen LogP contribution is 2.33. The molecule has 20 heavy (non-hydrogen) atoms. The number of carbonyl (C=O) groups is 1. The predicted molar refractivity (Wildman–Crippen MR) is 72.7 cm³/mol. The lowest BCUT2D eigenvalue weighted by atomic mass is 9.89. The number of rotatable bonds is 4. The van der Waals surface area contributed by atoms with Crippen LogP contribution in [-0.2, 0) is 4.79 Å². The van der Waals surface area contributed by atoms with Gasteiger partial charge in [-0.3, -0.25) is 10.1 Å². The molecule has 2 heterocycles. The summed E-state index contributed by atoms with van der Waals surface area (Å²) in [6.07, 6.45) is 3.70. The number of anilines is 1. The fourth-order valence-electron chi connectivity index (χ4n) is 2.65. The van der Waals surface area contributed by atoms with Gasteiger partial charge < -0.3 is 10.0 Å². The van der Waals surface area contributed by atoms with Gasteiger partial charge in [-0.25, -0.2) is 9.78 Å². The molecule has 1 N–H and O–H groups in total. The second kappa shape index (κ2) is 5.85. The molecule has 1 fully saturated rings. The third-order valence-corrected chi connectivity index (χ3v) is 3.81. The fourth-order valence-corrected chi connectivity index (χ4v) is 2.65. The number of aromatic nitrogens is 1. The van der Waals surface area contributed by atoms with Crippen molar-refractivity contribution < 1.29 is 14.8 Å². The van der Waals surface area contributed by atoms with Crippen LogP contribution in [0.15, 0.2) is 18.3 Å². The van der Waals surface area contributed by atoms with E-state index in [0.29, 0.717) is 18.9 Å². The smallest absolute Gasteiger partial charge is 0.326 e. The third-order valence-electron chi connectivity index (χ3n) is 3.81. The normalized spacial score (nSPS) is 22.6. The van der Waals surface area contributed by atoms with Crippen molar-refractivity contribution >= 4 is 17.5 Å². The first kappa shape index (κ1) is 14.2. The van der Waals surface area contributed by atoms with Crippen LogP contribution in [0.1, 0.15) is 26.2 Å². The van der Waals surface area contributed by atoms with Crippen molar-refractivity contribution in [2.75, 3.05) is 11.4 Å². The topological polar surface area (TPSA) is 96.6 Å². The van der Waals surface area contributed by atoms with Gasteiger partial charge in [0, 0.05) is 18.8 Å². The van der Waals surface area contributed by atoms with E-state index in [9.17, 15) is 20.0 Å². The van der Waals surface area contributed by atoms with Crippen LogP contribution < -0.4 is 4.90 Å². The molecule has 1 saturated heterocycles. The first-order valence-corrected chi connectivity index (χ1v) is 6.63. The molecular formula is C13H17N3O4. The van der Waals surface area contributed by atoms with Gasteiger partial charge in [-0.15, -0.1) is 0 Å². The summed E-state index contributed by atoms with van der Waals surface area (Å²) in [7, 11) is 0. The maximum absolute atomic E-state index is 11.4. The number of carboxylic acid groups (broad SMARTS) is 1. The molecule has 0 aliphatic carbocycles. The molecule has 0 amide bonds. The molecule has 0 radical (unpaired) electrons. The summed E-state index contributed by atoms with van der Waals surface area (Å²) in [4.78, 5) is 27.5. The zero-order chi connectivity index (χ0) is 14.7. The molecular weight excluding hydrogens is 262 g/mol. The molecule has 1 aromatic rings. The zero-order valence-electron chi connectivity index (χ0n) is 11.2. The van der Waals surface area contributed by atoms with Crippen molar-refractivity contribution in [3.05, 3.63) is 28.4 Å². The summed E-state index contributed by atoms with van der Waals surface area (Å²) in [5, 5.41) is 20.4. The van der Waals surface area contributed by atoms with Gasteiger partial charge in [-0.05, 0) is 24.8 Å². The van der Waals surface area contributed by atoms with Crippen LogP contribution in [0.3, 0.4) is 0 Å². The molecule has 2 rings (SSSR count). The van der Waals surface area contributed by atoms with Crippen LogP contribution >= 0.6 is 0 Å². The minimum absolute atomic E-state index is 0.145. The lowest BCUT2D eigenvalue weighted by Gasteiger charge is -2.37. The van der Waals surface area contributed by atoms with E-state index < -0.39 is 16.9 Å². The van der Waals surface area contributed by atoms with Crippen LogP contribution in [0.5, 0.6) is 0 Å². The van der Waals surface area contributed by atoms with Crippen molar-refractivity contribution in [1.82, 2.24) is 4.98 Å². The van der Waals surface area contributed by atoms with Gasteiger partial charge in [-0.1, -0.05) is 13.3 Å². The lowest BCUT2D eigenvalue weighted by molar-refractivity contribution is -0.384. The van der Waals surface area contributed by atoms with Gasteiger partial charge in [0.2, 0.25) is 5.82 Å². The number of pyridine rings is 1. The first-order chi connectivity index (χ1) is 9.54. The minimum Gasteiger partial charge on any atom is -0.480 e. The Morgan fingerprint density at radius 3 is 3.00 bits per heavy atom. The van der Waals surface area contributed by atoms with Crippen LogP contribution in [-0.4, -0.2) is 33.6 Å². The van der Waals surface area contributed by atoms with Crippen LogP contribution in [0, 0.1) is 16.0 Å². The van der Waals surface area contributed by atoms with E-state index in [1.807, 2.05) is 6.92 Å². The molecule has 2 unspecified atom stereocenters. The molecule has 0 saturated carbocycles. The largest absolute Gasteiger partial charge is 0.480 e. The minimum atomic E-state index is -0.955. The summed E-state index contributed by atoms with van der Waals surface area (Å²) < 4.78 is 0. The number of carboxylic acids is 1. The maximum atomic E-state index is 11.4. The number of hydrogen-bond acceptors (Lipinski definition) is 5. The molecule has 2 atom stereocenters. The van der Waals surface area contributed by atoms with E-state index in [-0.39, 0.29) is 11.5 Å². The summed E-state index contributed by atoms with van der Waals surface area (Å²) in [6.45, 7) is 2.51. The molecule has 1 aliphatic rings. The highest BCUT2D eigenvalue weighted by Gasteiger charge is 2.36. The maximum Gasteiger partial charge on any atom is 0.326 e. The van der Waals surface area contributed by atoms with E-state index in [1.54, 1.807) is 4.90 Å². The van der Waals surface area contributed by atoms with Crippen molar-refractivity contribution in [2.24, 2.45) is 5.92 Å². The molecule has 1 aromatic heterocycles.